The Morgan fingerprint density at radius 2 is 2.32 bits per heavy atom. The Morgan fingerprint density at radius 3 is 3.05 bits per heavy atom. The Balaban J connectivity index is 1.78. The number of amides is 1. The third kappa shape index (κ3) is 3.96. The van der Waals surface area contributed by atoms with Crippen molar-refractivity contribution in [2.45, 2.75) is 57.3 Å². The molecule has 0 aromatic carbocycles. The molecule has 1 heterocycles. The van der Waals surface area contributed by atoms with Crippen molar-refractivity contribution in [3.8, 4) is 0 Å². The third-order valence-electron chi connectivity index (χ3n) is 3.71. The van der Waals surface area contributed by atoms with Crippen molar-refractivity contribution in [2.75, 3.05) is 5.75 Å². The first-order chi connectivity index (χ1) is 9.20. The number of aryl methyl sites for hydroxylation is 1. The van der Waals surface area contributed by atoms with Gasteiger partial charge in [-0.25, -0.2) is 0 Å². The van der Waals surface area contributed by atoms with E-state index in [0.717, 1.165) is 18.1 Å². The molecule has 1 fully saturated rings. The van der Waals surface area contributed by atoms with Gasteiger partial charge in [-0.3, -0.25) is 4.79 Å². The summed E-state index contributed by atoms with van der Waals surface area (Å²) in [4.78, 5) is 12.0. The molecule has 106 valence electrons. The quantitative estimate of drug-likeness (QED) is 0.840. The second kappa shape index (κ2) is 6.93. The van der Waals surface area contributed by atoms with Gasteiger partial charge >= 0.3 is 0 Å². The number of carbonyl (C=O) groups is 1. The molecule has 1 amide bonds. The summed E-state index contributed by atoms with van der Waals surface area (Å²) in [7, 11) is 0. The molecule has 0 spiro atoms. The maximum Gasteiger partial charge on any atom is 0.230 e. The molecule has 0 radical (unpaired) electrons. The van der Waals surface area contributed by atoms with Gasteiger partial charge in [0.2, 0.25) is 5.91 Å². The molecule has 0 saturated heterocycles. The van der Waals surface area contributed by atoms with Crippen molar-refractivity contribution in [3.05, 3.63) is 6.33 Å². The van der Waals surface area contributed by atoms with Crippen LogP contribution in [0.4, 0.5) is 0 Å². The summed E-state index contributed by atoms with van der Waals surface area (Å²) in [6, 6.07) is 0.353. The molecular formula is C13H22N4OS. The minimum atomic E-state index is 0.106. The zero-order valence-electron chi connectivity index (χ0n) is 11.6. The monoisotopic (exact) mass is 282 g/mol. The maximum atomic E-state index is 12.0. The molecule has 1 saturated carbocycles. The van der Waals surface area contributed by atoms with Gasteiger partial charge in [-0.15, -0.1) is 10.2 Å². The fourth-order valence-electron chi connectivity index (χ4n) is 2.48. The van der Waals surface area contributed by atoms with Crippen molar-refractivity contribution in [1.29, 1.82) is 0 Å². The van der Waals surface area contributed by atoms with E-state index in [0.29, 0.717) is 17.7 Å². The Morgan fingerprint density at radius 1 is 1.53 bits per heavy atom. The summed E-state index contributed by atoms with van der Waals surface area (Å²) in [6.45, 7) is 5.10. The summed E-state index contributed by atoms with van der Waals surface area (Å²) in [6.07, 6.45) is 6.56. The van der Waals surface area contributed by atoms with Crippen molar-refractivity contribution in [1.82, 2.24) is 20.1 Å². The minimum absolute atomic E-state index is 0.106. The second-order valence-electron chi connectivity index (χ2n) is 5.12. The highest BCUT2D eigenvalue weighted by molar-refractivity contribution is 7.99. The number of carbonyl (C=O) groups excluding carboxylic acids is 1. The maximum absolute atomic E-state index is 12.0. The van der Waals surface area contributed by atoms with Crippen LogP contribution >= 0.6 is 11.8 Å². The summed E-state index contributed by atoms with van der Waals surface area (Å²) in [5.74, 6) is 1.12. The van der Waals surface area contributed by atoms with Crippen molar-refractivity contribution in [3.63, 3.8) is 0 Å². The lowest BCUT2D eigenvalue weighted by atomic mass is 9.86. The van der Waals surface area contributed by atoms with Gasteiger partial charge in [0.25, 0.3) is 0 Å². The van der Waals surface area contributed by atoms with Gasteiger partial charge in [-0.1, -0.05) is 31.5 Å². The summed E-state index contributed by atoms with van der Waals surface area (Å²) >= 11 is 1.45. The highest BCUT2D eigenvalue weighted by Gasteiger charge is 2.22. The molecule has 0 bridgehead atoms. The molecule has 1 aromatic heterocycles. The number of thioether (sulfide) groups is 1. The van der Waals surface area contributed by atoms with Crippen molar-refractivity contribution >= 4 is 17.7 Å². The first-order valence-corrected chi connectivity index (χ1v) is 7.99. The summed E-state index contributed by atoms with van der Waals surface area (Å²) in [5.41, 5.74) is 0. The van der Waals surface area contributed by atoms with Crippen LogP contribution in [0.25, 0.3) is 0 Å². The average molecular weight is 282 g/mol. The van der Waals surface area contributed by atoms with E-state index in [9.17, 15) is 4.79 Å². The van der Waals surface area contributed by atoms with Crippen LogP contribution in [-0.4, -0.2) is 32.5 Å². The van der Waals surface area contributed by atoms with Crippen LogP contribution in [0.2, 0.25) is 0 Å². The Kier molecular flexibility index (Phi) is 5.24. The van der Waals surface area contributed by atoms with Crippen LogP contribution in [0.15, 0.2) is 11.5 Å². The third-order valence-corrected chi connectivity index (χ3v) is 4.69. The molecular weight excluding hydrogens is 260 g/mol. The number of rotatable bonds is 5. The number of hydrogen-bond donors (Lipinski definition) is 1. The Bertz CT molecular complexity index is 421. The molecule has 19 heavy (non-hydrogen) atoms. The average Bonchev–Trinajstić information content (AvgIpc) is 2.86. The van der Waals surface area contributed by atoms with Crippen LogP contribution in [0.3, 0.4) is 0 Å². The molecule has 2 atom stereocenters. The predicted molar refractivity (Wildman–Crippen MR) is 76.0 cm³/mol. The van der Waals surface area contributed by atoms with Gasteiger partial charge in [-0.2, -0.15) is 0 Å². The highest BCUT2D eigenvalue weighted by atomic mass is 32.2. The van der Waals surface area contributed by atoms with E-state index in [2.05, 4.69) is 22.4 Å². The van der Waals surface area contributed by atoms with E-state index in [1.807, 2.05) is 11.5 Å². The van der Waals surface area contributed by atoms with Crippen LogP contribution in [-0.2, 0) is 11.3 Å². The summed E-state index contributed by atoms with van der Waals surface area (Å²) < 4.78 is 1.95. The van der Waals surface area contributed by atoms with E-state index < -0.39 is 0 Å². The smallest absolute Gasteiger partial charge is 0.230 e. The zero-order chi connectivity index (χ0) is 13.7. The van der Waals surface area contributed by atoms with Gasteiger partial charge in [0.05, 0.1) is 5.75 Å². The molecule has 1 N–H and O–H groups in total. The number of nitrogens with one attached hydrogen (secondary N) is 1. The van der Waals surface area contributed by atoms with Gasteiger partial charge in [-0.05, 0) is 25.7 Å². The van der Waals surface area contributed by atoms with Crippen LogP contribution < -0.4 is 5.32 Å². The first-order valence-electron chi connectivity index (χ1n) is 7.00. The van der Waals surface area contributed by atoms with E-state index in [1.165, 1.54) is 31.0 Å². The first kappa shape index (κ1) is 14.4. The van der Waals surface area contributed by atoms with Gasteiger partial charge in [0.15, 0.2) is 5.16 Å². The van der Waals surface area contributed by atoms with E-state index in [-0.39, 0.29) is 5.91 Å². The van der Waals surface area contributed by atoms with E-state index >= 15 is 0 Å². The Labute approximate surface area is 118 Å². The number of nitrogens with zero attached hydrogens (tertiary/aromatic N) is 3. The van der Waals surface area contributed by atoms with Crippen LogP contribution in [0, 0.1) is 5.92 Å². The van der Waals surface area contributed by atoms with Crippen molar-refractivity contribution < 1.29 is 4.79 Å². The van der Waals surface area contributed by atoms with E-state index in [1.54, 1.807) is 6.33 Å². The summed E-state index contributed by atoms with van der Waals surface area (Å²) in [5, 5.41) is 11.8. The largest absolute Gasteiger partial charge is 0.352 e. The molecule has 1 aliphatic carbocycles. The molecule has 6 heteroatoms. The molecule has 5 nitrogen and oxygen atoms in total. The van der Waals surface area contributed by atoms with Gasteiger partial charge in [0.1, 0.15) is 6.33 Å². The molecule has 0 aliphatic heterocycles. The lowest BCUT2D eigenvalue weighted by molar-refractivity contribution is -0.119. The highest BCUT2D eigenvalue weighted by Crippen LogP contribution is 2.24. The molecule has 1 aliphatic rings. The zero-order valence-corrected chi connectivity index (χ0v) is 12.4. The van der Waals surface area contributed by atoms with Crippen molar-refractivity contribution in [2.24, 2.45) is 5.92 Å². The Hall–Kier alpha value is -1.04. The van der Waals surface area contributed by atoms with Crippen LogP contribution in [0.5, 0.6) is 0 Å². The lowest BCUT2D eigenvalue weighted by Crippen LogP contribution is -2.41. The molecule has 1 aromatic rings. The fraction of sp³-hybridized carbons (Fsp3) is 0.769. The number of hydrogen-bond acceptors (Lipinski definition) is 4. The minimum Gasteiger partial charge on any atom is -0.352 e. The van der Waals surface area contributed by atoms with Gasteiger partial charge in [0, 0.05) is 12.6 Å². The standard InChI is InChI=1S/C13H22N4OS/c1-3-17-9-14-16-13(17)19-8-12(18)15-11-7-5-4-6-10(11)2/h9-11H,3-8H2,1-2H3,(H,15,18)/t10-,11-/m1/s1. The second-order valence-corrected chi connectivity index (χ2v) is 6.07. The SMILES string of the molecule is CCn1cnnc1SCC(=O)N[C@@H]1CCCC[C@H]1C. The topological polar surface area (TPSA) is 59.8 Å². The lowest BCUT2D eigenvalue weighted by Gasteiger charge is -2.29. The molecule has 2 rings (SSSR count). The normalized spacial score (nSPS) is 23.3. The van der Waals surface area contributed by atoms with Crippen LogP contribution in [0.1, 0.15) is 39.5 Å². The fourth-order valence-corrected chi connectivity index (χ4v) is 3.27. The van der Waals surface area contributed by atoms with Gasteiger partial charge < -0.3 is 9.88 Å². The number of aromatic nitrogens is 3. The molecule has 0 unspecified atom stereocenters. The van der Waals surface area contributed by atoms with E-state index in [4.69, 9.17) is 0 Å². The predicted octanol–water partition coefficient (Wildman–Crippen LogP) is 2.08.